The fourth-order valence-corrected chi connectivity index (χ4v) is 2.65. The fraction of sp³-hybridized carbons (Fsp3) is 0. The number of aliphatic imine (C=N–C) groups is 1. The normalized spacial score (nSPS) is 11.1. The van der Waals surface area contributed by atoms with Gasteiger partial charge in [-0.05, 0) is 36.4 Å². The highest BCUT2D eigenvalue weighted by Crippen LogP contribution is 2.22. The zero-order chi connectivity index (χ0) is 16.8. The summed E-state index contributed by atoms with van der Waals surface area (Å²) in [5.41, 5.74) is 2.94. The number of amidine groups is 1. The molecule has 24 heavy (non-hydrogen) atoms. The maximum atomic E-state index is 4.86. The Kier molecular flexibility index (Phi) is 5.24. The lowest BCUT2D eigenvalue weighted by atomic mass is 10.1. The monoisotopic (exact) mass is 376 g/mol. The van der Waals surface area contributed by atoms with Crippen molar-refractivity contribution in [3.63, 3.8) is 0 Å². The van der Waals surface area contributed by atoms with Crippen molar-refractivity contribution in [2.75, 3.05) is 4.90 Å². The summed E-state index contributed by atoms with van der Waals surface area (Å²) in [7, 11) is 0. The smallest absolute Gasteiger partial charge is 0.145 e. The Hall–Kier alpha value is -2.65. The van der Waals surface area contributed by atoms with Gasteiger partial charge in [-0.25, -0.2) is 4.99 Å². The minimum Gasteiger partial charge on any atom is -0.302 e. The topological polar surface area (TPSA) is 15.6 Å². The number of nitrogens with zero attached hydrogens (tertiary/aromatic N) is 2. The van der Waals surface area contributed by atoms with Gasteiger partial charge in [-0.3, -0.25) is 0 Å². The molecule has 0 aliphatic carbocycles. The zero-order valence-electron chi connectivity index (χ0n) is 13.1. The molecule has 3 aromatic rings. The van der Waals surface area contributed by atoms with E-state index in [9.17, 15) is 0 Å². The molecule has 3 rings (SSSR count). The van der Waals surface area contributed by atoms with Crippen molar-refractivity contribution >= 4 is 33.1 Å². The molecule has 3 heteroatoms. The van der Waals surface area contributed by atoms with E-state index in [0.717, 1.165) is 27.2 Å². The second-order valence-corrected chi connectivity index (χ2v) is 6.08. The average molecular weight is 377 g/mol. The maximum absolute atomic E-state index is 4.86. The van der Waals surface area contributed by atoms with Crippen molar-refractivity contribution < 1.29 is 0 Å². The first-order chi connectivity index (χ1) is 11.8. The number of halogens is 1. The lowest BCUT2D eigenvalue weighted by Crippen LogP contribution is -2.25. The van der Waals surface area contributed by atoms with Gasteiger partial charge in [0.2, 0.25) is 0 Å². The number of anilines is 1. The standard InChI is InChI=1S/C21H17BrN2/c1-2-24(20-11-7-4-8-12-20)21(17-13-15-18(22)16-14-17)23-19-9-5-3-6-10-19/h2-16H,1H2. The molecule has 0 spiro atoms. The molecule has 0 aliphatic heterocycles. The van der Waals surface area contributed by atoms with Crippen LogP contribution in [0.1, 0.15) is 5.56 Å². The fourth-order valence-electron chi connectivity index (χ4n) is 2.38. The molecule has 0 unspecified atom stereocenters. The molecule has 2 nitrogen and oxygen atoms in total. The van der Waals surface area contributed by atoms with Gasteiger partial charge >= 0.3 is 0 Å². The summed E-state index contributed by atoms with van der Waals surface area (Å²) >= 11 is 3.49. The van der Waals surface area contributed by atoms with Crippen LogP contribution in [0.25, 0.3) is 0 Å². The van der Waals surface area contributed by atoms with Gasteiger partial charge in [0.05, 0.1) is 5.69 Å². The molecule has 3 aromatic carbocycles. The van der Waals surface area contributed by atoms with Crippen LogP contribution in [0.2, 0.25) is 0 Å². The van der Waals surface area contributed by atoms with Crippen LogP contribution in [0.4, 0.5) is 11.4 Å². The molecule has 0 aliphatic rings. The van der Waals surface area contributed by atoms with Crippen LogP contribution in [-0.2, 0) is 0 Å². The molecule has 0 N–H and O–H groups in total. The van der Waals surface area contributed by atoms with Crippen molar-refractivity contribution in [1.29, 1.82) is 0 Å². The minimum atomic E-state index is 0.829. The molecule has 0 atom stereocenters. The van der Waals surface area contributed by atoms with E-state index in [0.29, 0.717) is 0 Å². The van der Waals surface area contributed by atoms with Crippen molar-refractivity contribution in [3.05, 3.63) is 108 Å². The van der Waals surface area contributed by atoms with Crippen LogP contribution in [0, 0.1) is 0 Å². The second kappa shape index (κ2) is 7.75. The van der Waals surface area contributed by atoms with Gasteiger partial charge in [-0.2, -0.15) is 0 Å². The van der Waals surface area contributed by atoms with Crippen LogP contribution in [0.5, 0.6) is 0 Å². The third-order valence-corrected chi connectivity index (χ3v) is 4.07. The highest BCUT2D eigenvalue weighted by atomic mass is 79.9. The van der Waals surface area contributed by atoms with Crippen molar-refractivity contribution in [1.82, 2.24) is 0 Å². The van der Waals surface area contributed by atoms with Crippen molar-refractivity contribution in [2.24, 2.45) is 4.99 Å². The second-order valence-electron chi connectivity index (χ2n) is 5.17. The van der Waals surface area contributed by atoms with Gasteiger partial charge in [-0.15, -0.1) is 0 Å². The number of hydrogen-bond donors (Lipinski definition) is 0. The summed E-state index contributed by atoms with van der Waals surface area (Å²) in [6, 6.07) is 28.2. The van der Waals surface area contributed by atoms with Gasteiger partial charge < -0.3 is 4.90 Å². The van der Waals surface area contributed by atoms with Crippen molar-refractivity contribution in [2.45, 2.75) is 0 Å². The Morgan fingerprint density at radius 3 is 2.00 bits per heavy atom. The predicted octanol–water partition coefficient (Wildman–Crippen LogP) is 6.18. The van der Waals surface area contributed by atoms with E-state index in [2.05, 4.69) is 22.5 Å². The van der Waals surface area contributed by atoms with Crippen LogP contribution in [0.3, 0.4) is 0 Å². The van der Waals surface area contributed by atoms with E-state index in [1.807, 2.05) is 89.8 Å². The highest BCUT2D eigenvalue weighted by molar-refractivity contribution is 9.10. The SMILES string of the molecule is C=CN(C(=Nc1ccccc1)c1ccc(Br)cc1)c1ccccc1. The first-order valence-corrected chi connectivity index (χ1v) is 8.44. The molecule has 0 amide bonds. The maximum Gasteiger partial charge on any atom is 0.145 e. The van der Waals surface area contributed by atoms with E-state index >= 15 is 0 Å². The van der Waals surface area contributed by atoms with Crippen molar-refractivity contribution in [3.8, 4) is 0 Å². The molecule has 0 radical (unpaired) electrons. The van der Waals surface area contributed by atoms with E-state index in [4.69, 9.17) is 4.99 Å². The molecule has 0 aromatic heterocycles. The van der Waals surface area contributed by atoms with Gasteiger partial charge in [0.15, 0.2) is 0 Å². The third-order valence-electron chi connectivity index (χ3n) is 3.54. The number of benzene rings is 3. The van der Waals surface area contributed by atoms with E-state index in [1.54, 1.807) is 6.20 Å². The molecule has 118 valence electrons. The van der Waals surface area contributed by atoms with Gasteiger partial charge in [0, 0.05) is 21.9 Å². The quantitative estimate of drug-likeness (QED) is 0.392. The largest absolute Gasteiger partial charge is 0.302 e. The Balaban J connectivity index is 2.12. The lowest BCUT2D eigenvalue weighted by Gasteiger charge is -2.22. The first-order valence-electron chi connectivity index (χ1n) is 7.64. The Bertz CT molecular complexity index is 825. The zero-order valence-corrected chi connectivity index (χ0v) is 14.7. The van der Waals surface area contributed by atoms with Crippen LogP contribution in [-0.4, -0.2) is 5.84 Å². The number of hydrogen-bond acceptors (Lipinski definition) is 1. The van der Waals surface area contributed by atoms with E-state index in [-0.39, 0.29) is 0 Å². The van der Waals surface area contributed by atoms with Gasteiger partial charge in [-0.1, -0.05) is 71.0 Å². The molecular weight excluding hydrogens is 360 g/mol. The summed E-state index contributed by atoms with van der Waals surface area (Å²) in [6.45, 7) is 3.98. The third kappa shape index (κ3) is 3.81. The molecule has 0 bridgehead atoms. The van der Waals surface area contributed by atoms with Gasteiger partial charge in [0.1, 0.15) is 5.84 Å². The molecule has 0 fully saturated rings. The summed E-state index contributed by atoms with van der Waals surface area (Å²) in [4.78, 5) is 6.86. The molecular formula is C21H17BrN2. The van der Waals surface area contributed by atoms with Crippen LogP contribution >= 0.6 is 15.9 Å². The summed E-state index contributed by atoms with van der Waals surface area (Å²) < 4.78 is 1.04. The summed E-state index contributed by atoms with van der Waals surface area (Å²) in [6.07, 6.45) is 1.79. The Labute approximate surface area is 150 Å². The van der Waals surface area contributed by atoms with Gasteiger partial charge in [0.25, 0.3) is 0 Å². The average Bonchev–Trinajstić information content (AvgIpc) is 2.64. The molecule has 0 heterocycles. The van der Waals surface area contributed by atoms with E-state index in [1.165, 1.54) is 0 Å². The number of para-hydroxylation sites is 2. The minimum absolute atomic E-state index is 0.829. The lowest BCUT2D eigenvalue weighted by molar-refractivity contribution is 1.31. The van der Waals surface area contributed by atoms with Crippen LogP contribution in [0.15, 0.2) is 107 Å². The number of rotatable bonds is 4. The van der Waals surface area contributed by atoms with E-state index < -0.39 is 0 Å². The molecule has 0 saturated heterocycles. The summed E-state index contributed by atoms with van der Waals surface area (Å²) in [5.74, 6) is 0.829. The highest BCUT2D eigenvalue weighted by Gasteiger charge is 2.13. The first kappa shape index (κ1) is 16.2. The Morgan fingerprint density at radius 1 is 0.833 bits per heavy atom. The molecule has 0 saturated carbocycles. The van der Waals surface area contributed by atoms with Crippen LogP contribution < -0.4 is 4.90 Å². The Morgan fingerprint density at radius 2 is 1.42 bits per heavy atom. The predicted molar refractivity (Wildman–Crippen MR) is 106 cm³/mol. The summed E-state index contributed by atoms with van der Waals surface area (Å²) in [5, 5.41) is 0.